The highest BCUT2D eigenvalue weighted by atomic mass is 19.1. The molecule has 0 heterocycles. The number of halogens is 1. The van der Waals surface area contributed by atoms with Gasteiger partial charge in [0.05, 0.1) is 0 Å². The molecule has 1 rings (SSSR count). The Bertz CT molecular complexity index is 292. The van der Waals surface area contributed by atoms with Crippen molar-refractivity contribution in [1.82, 2.24) is 0 Å². The van der Waals surface area contributed by atoms with Crippen molar-refractivity contribution in [2.24, 2.45) is 0 Å². The van der Waals surface area contributed by atoms with Crippen molar-refractivity contribution in [2.45, 2.75) is 6.92 Å². The van der Waals surface area contributed by atoms with Crippen molar-refractivity contribution in [1.29, 1.82) is 0 Å². The lowest BCUT2D eigenvalue weighted by atomic mass is 10.1. The molecular weight excluding hydrogens is 143 g/mol. The average Bonchev–Trinajstić information content (AvgIpc) is 1.94. The molecule has 0 amide bonds. The van der Waals surface area contributed by atoms with E-state index in [9.17, 15) is 4.39 Å². The van der Waals surface area contributed by atoms with E-state index in [-0.39, 0.29) is 5.75 Å². The van der Waals surface area contributed by atoms with Crippen molar-refractivity contribution in [3.05, 3.63) is 36.2 Å². The van der Waals surface area contributed by atoms with Gasteiger partial charge in [-0.3, -0.25) is 0 Å². The van der Waals surface area contributed by atoms with Crippen LogP contribution >= 0.6 is 0 Å². The van der Waals surface area contributed by atoms with Crippen molar-refractivity contribution in [3.63, 3.8) is 0 Å². The van der Waals surface area contributed by atoms with Crippen LogP contribution < -0.4 is 0 Å². The van der Waals surface area contributed by atoms with Gasteiger partial charge in [0.15, 0.2) is 11.6 Å². The zero-order valence-electron chi connectivity index (χ0n) is 6.26. The van der Waals surface area contributed by atoms with E-state index in [2.05, 4.69) is 6.58 Å². The molecule has 1 nitrogen and oxygen atoms in total. The van der Waals surface area contributed by atoms with E-state index in [1.54, 1.807) is 19.1 Å². The predicted octanol–water partition coefficient (Wildman–Crippen LogP) is 2.56. The molecule has 0 spiro atoms. The molecule has 0 saturated carbocycles. The van der Waals surface area contributed by atoms with E-state index in [1.165, 1.54) is 6.07 Å². The van der Waals surface area contributed by atoms with Gasteiger partial charge >= 0.3 is 0 Å². The maximum Gasteiger partial charge on any atom is 0.172 e. The number of benzene rings is 1. The molecule has 1 N–H and O–H groups in total. The highest BCUT2D eigenvalue weighted by Gasteiger charge is 2.05. The van der Waals surface area contributed by atoms with Gasteiger partial charge in [-0.25, -0.2) is 4.39 Å². The summed E-state index contributed by atoms with van der Waals surface area (Å²) >= 11 is 0. The fourth-order valence-corrected chi connectivity index (χ4v) is 0.849. The minimum atomic E-state index is -0.597. The molecule has 0 aliphatic heterocycles. The smallest absolute Gasteiger partial charge is 0.172 e. The summed E-state index contributed by atoms with van der Waals surface area (Å²) in [7, 11) is 0. The van der Waals surface area contributed by atoms with Gasteiger partial charge in [0.2, 0.25) is 0 Å². The van der Waals surface area contributed by atoms with Crippen molar-refractivity contribution in [3.8, 4) is 5.75 Å². The minimum Gasteiger partial charge on any atom is -0.505 e. The number of hydrogen-bond acceptors (Lipinski definition) is 1. The Morgan fingerprint density at radius 1 is 1.55 bits per heavy atom. The SMILES string of the molecule is C=C(C)c1cccc(O)c1F. The van der Waals surface area contributed by atoms with Crippen LogP contribution in [0, 0.1) is 5.82 Å². The zero-order chi connectivity index (χ0) is 8.43. The van der Waals surface area contributed by atoms with Crippen molar-refractivity contribution >= 4 is 5.57 Å². The fraction of sp³-hybridized carbons (Fsp3) is 0.111. The molecule has 0 saturated heterocycles. The maximum atomic E-state index is 12.9. The summed E-state index contributed by atoms with van der Waals surface area (Å²) in [5, 5.41) is 8.93. The van der Waals surface area contributed by atoms with Crippen LogP contribution in [0.4, 0.5) is 4.39 Å². The van der Waals surface area contributed by atoms with Crippen LogP contribution in [-0.2, 0) is 0 Å². The number of phenols is 1. The molecule has 0 aliphatic rings. The molecule has 11 heavy (non-hydrogen) atoms. The first-order valence-corrected chi connectivity index (χ1v) is 3.26. The summed E-state index contributed by atoms with van der Waals surface area (Å²) in [4.78, 5) is 0. The normalized spacial score (nSPS) is 9.64. The fourth-order valence-electron chi connectivity index (χ4n) is 0.849. The molecule has 0 unspecified atom stereocenters. The quantitative estimate of drug-likeness (QED) is 0.655. The topological polar surface area (TPSA) is 20.2 Å². The first-order valence-electron chi connectivity index (χ1n) is 3.26. The zero-order valence-corrected chi connectivity index (χ0v) is 6.26. The van der Waals surface area contributed by atoms with Crippen LogP contribution in [0.3, 0.4) is 0 Å². The first-order chi connectivity index (χ1) is 5.13. The Kier molecular flexibility index (Phi) is 1.94. The lowest BCUT2D eigenvalue weighted by Crippen LogP contribution is -1.85. The summed E-state index contributed by atoms with van der Waals surface area (Å²) in [5.41, 5.74) is 0.975. The van der Waals surface area contributed by atoms with Gasteiger partial charge in [0, 0.05) is 5.56 Å². The summed E-state index contributed by atoms with van der Waals surface area (Å²) < 4.78 is 12.9. The monoisotopic (exact) mass is 152 g/mol. The van der Waals surface area contributed by atoms with E-state index < -0.39 is 5.82 Å². The third-order valence-electron chi connectivity index (χ3n) is 1.44. The minimum absolute atomic E-state index is 0.328. The third kappa shape index (κ3) is 1.40. The second kappa shape index (κ2) is 2.74. The Morgan fingerprint density at radius 3 is 2.64 bits per heavy atom. The van der Waals surface area contributed by atoms with E-state index >= 15 is 0 Å². The Hall–Kier alpha value is -1.31. The summed E-state index contributed by atoms with van der Waals surface area (Å²) in [6.07, 6.45) is 0. The van der Waals surface area contributed by atoms with Gasteiger partial charge in [-0.1, -0.05) is 18.7 Å². The van der Waals surface area contributed by atoms with E-state index in [1.807, 2.05) is 0 Å². The summed E-state index contributed by atoms with van der Waals surface area (Å²) in [6, 6.07) is 4.47. The summed E-state index contributed by atoms with van der Waals surface area (Å²) in [5.74, 6) is -0.925. The molecule has 2 heteroatoms. The molecule has 0 fully saturated rings. The van der Waals surface area contributed by atoms with Gasteiger partial charge in [-0.15, -0.1) is 0 Å². The van der Waals surface area contributed by atoms with Gasteiger partial charge in [-0.2, -0.15) is 0 Å². The maximum absolute atomic E-state index is 12.9. The van der Waals surface area contributed by atoms with Crippen molar-refractivity contribution < 1.29 is 9.50 Å². The Labute approximate surface area is 64.8 Å². The molecule has 0 radical (unpaired) electrons. The van der Waals surface area contributed by atoms with Gasteiger partial charge < -0.3 is 5.11 Å². The molecule has 1 aromatic rings. The second-order valence-electron chi connectivity index (χ2n) is 2.42. The van der Waals surface area contributed by atoms with Crippen molar-refractivity contribution in [2.75, 3.05) is 0 Å². The predicted molar refractivity (Wildman–Crippen MR) is 42.8 cm³/mol. The van der Waals surface area contributed by atoms with Gasteiger partial charge in [0.25, 0.3) is 0 Å². The van der Waals surface area contributed by atoms with E-state index in [4.69, 9.17) is 5.11 Å². The van der Waals surface area contributed by atoms with Crippen LogP contribution in [0.1, 0.15) is 12.5 Å². The third-order valence-corrected chi connectivity index (χ3v) is 1.44. The lowest BCUT2D eigenvalue weighted by molar-refractivity contribution is 0.431. The van der Waals surface area contributed by atoms with Crippen LogP contribution in [0.5, 0.6) is 5.75 Å². The second-order valence-corrected chi connectivity index (χ2v) is 2.42. The van der Waals surface area contributed by atoms with Gasteiger partial charge in [-0.05, 0) is 18.6 Å². The molecule has 1 aromatic carbocycles. The summed E-state index contributed by atoms with van der Waals surface area (Å²) in [6.45, 7) is 5.27. The number of phenolic OH excluding ortho intramolecular Hbond substituents is 1. The van der Waals surface area contributed by atoms with Crippen LogP contribution in [0.15, 0.2) is 24.8 Å². The van der Waals surface area contributed by atoms with E-state index in [0.29, 0.717) is 11.1 Å². The average molecular weight is 152 g/mol. The van der Waals surface area contributed by atoms with Crippen LogP contribution in [0.2, 0.25) is 0 Å². The number of hydrogen-bond donors (Lipinski definition) is 1. The Balaban J connectivity index is 3.27. The molecule has 0 aromatic heterocycles. The number of rotatable bonds is 1. The van der Waals surface area contributed by atoms with Crippen LogP contribution in [-0.4, -0.2) is 5.11 Å². The highest BCUT2D eigenvalue weighted by molar-refractivity contribution is 5.63. The highest BCUT2D eigenvalue weighted by Crippen LogP contribution is 2.23. The first kappa shape index (κ1) is 7.79. The molecule has 0 aliphatic carbocycles. The van der Waals surface area contributed by atoms with Gasteiger partial charge in [0.1, 0.15) is 0 Å². The van der Waals surface area contributed by atoms with E-state index in [0.717, 1.165) is 0 Å². The lowest BCUT2D eigenvalue weighted by Gasteiger charge is -2.01. The molecular formula is C9H9FO. The molecule has 0 atom stereocenters. The van der Waals surface area contributed by atoms with Crippen LogP contribution in [0.25, 0.3) is 5.57 Å². The molecule has 0 bridgehead atoms. The molecule has 58 valence electrons. The number of allylic oxidation sites excluding steroid dienone is 1. The number of aromatic hydroxyl groups is 1. The standard InChI is InChI=1S/C9H9FO/c1-6(2)7-4-3-5-8(11)9(7)10/h3-5,11H,1H2,2H3. The Morgan fingerprint density at radius 2 is 2.18 bits per heavy atom. The largest absolute Gasteiger partial charge is 0.505 e.